The van der Waals surface area contributed by atoms with E-state index in [9.17, 15) is 22.4 Å². The van der Waals surface area contributed by atoms with E-state index in [1.54, 1.807) is 38.1 Å². The number of carbonyl (C=O) groups is 2. The van der Waals surface area contributed by atoms with Gasteiger partial charge in [-0.1, -0.05) is 48.9 Å². The van der Waals surface area contributed by atoms with Crippen molar-refractivity contribution < 1.29 is 22.4 Å². The maximum absolute atomic E-state index is 14.6. The van der Waals surface area contributed by atoms with Gasteiger partial charge in [-0.05, 0) is 37.1 Å². The highest BCUT2D eigenvalue weighted by molar-refractivity contribution is 7.90. The predicted molar refractivity (Wildman–Crippen MR) is 131 cm³/mol. The Morgan fingerprint density at radius 1 is 1.06 bits per heavy atom. The second-order valence-electron chi connectivity index (χ2n) is 7.68. The molecule has 0 saturated carbocycles. The number of halogens is 2. The van der Waals surface area contributed by atoms with Gasteiger partial charge in [-0.2, -0.15) is 12.7 Å². The molecule has 0 radical (unpaired) electrons. The number of anilines is 1. The lowest BCUT2D eigenvalue weighted by atomic mass is 10.1. The molecule has 0 bridgehead atoms. The Kier molecular flexibility index (Phi) is 9.84. The van der Waals surface area contributed by atoms with Gasteiger partial charge in [0.15, 0.2) is 0 Å². The third-order valence-corrected chi connectivity index (χ3v) is 7.35. The molecule has 0 spiro atoms. The number of likely N-dealkylation sites (N-methyl/N-ethyl adjacent to an activating group) is 1. The highest BCUT2D eigenvalue weighted by atomic mass is 35.5. The van der Waals surface area contributed by atoms with Crippen LogP contribution in [0.3, 0.4) is 0 Å². The lowest BCUT2D eigenvalue weighted by molar-refractivity contribution is -0.140. The molecular formula is C23H30ClFN4O4S. The molecule has 8 nitrogen and oxygen atoms in total. The molecule has 1 N–H and O–H groups in total. The van der Waals surface area contributed by atoms with Crippen molar-refractivity contribution in [1.29, 1.82) is 0 Å². The molecule has 0 fully saturated rings. The average Bonchev–Trinajstić information content (AvgIpc) is 2.79. The summed E-state index contributed by atoms with van der Waals surface area (Å²) in [5, 5.41) is 3.11. The van der Waals surface area contributed by atoms with Crippen molar-refractivity contribution in [3.63, 3.8) is 0 Å². The second kappa shape index (κ2) is 12.1. The zero-order valence-electron chi connectivity index (χ0n) is 19.7. The van der Waals surface area contributed by atoms with Crippen molar-refractivity contribution in [3.05, 3.63) is 64.9 Å². The third-order valence-electron chi connectivity index (χ3n) is 5.18. The van der Waals surface area contributed by atoms with Crippen LogP contribution in [0, 0.1) is 5.82 Å². The Morgan fingerprint density at radius 2 is 1.68 bits per heavy atom. The van der Waals surface area contributed by atoms with E-state index < -0.39 is 34.5 Å². The quantitative estimate of drug-likeness (QED) is 0.501. The lowest BCUT2D eigenvalue weighted by Crippen LogP contribution is -2.53. The fourth-order valence-electron chi connectivity index (χ4n) is 3.38. The van der Waals surface area contributed by atoms with Crippen LogP contribution in [0.2, 0.25) is 5.02 Å². The first kappa shape index (κ1) is 27.6. The predicted octanol–water partition coefficient (Wildman–Crippen LogP) is 3.04. The molecule has 11 heteroatoms. The number of para-hydroxylation sites is 1. The molecule has 2 aromatic carbocycles. The van der Waals surface area contributed by atoms with Gasteiger partial charge in [0.2, 0.25) is 11.8 Å². The van der Waals surface area contributed by atoms with Gasteiger partial charge in [0.1, 0.15) is 18.4 Å². The first-order valence-corrected chi connectivity index (χ1v) is 12.6. The van der Waals surface area contributed by atoms with E-state index in [2.05, 4.69) is 5.32 Å². The van der Waals surface area contributed by atoms with Crippen molar-refractivity contribution in [1.82, 2.24) is 14.5 Å². The Balaban J connectivity index is 2.53. The van der Waals surface area contributed by atoms with Crippen LogP contribution < -0.4 is 9.62 Å². The molecule has 0 unspecified atom stereocenters. The molecule has 0 aromatic heterocycles. The van der Waals surface area contributed by atoms with E-state index in [1.165, 1.54) is 37.2 Å². The zero-order chi connectivity index (χ0) is 25.5. The summed E-state index contributed by atoms with van der Waals surface area (Å²) in [6.07, 6.45) is 0.280. The fourth-order valence-corrected chi connectivity index (χ4v) is 4.64. The Labute approximate surface area is 205 Å². The van der Waals surface area contributed by atoms with Crippen LogP contribution in [0.4, 0.5) is 10.1 Å². The molecule has 2 aromatic rings. The van der Waals surface area contributed by atoms with E-state index in [0.717, 1.165) is 10.4 Å². The van der Waals surface area contributed by atoms with Gasteiger partial charge in [-0.25, -0.2) is 8.70 Å². The van der Waals surface area contributed by atoms with Gasteiger partial charge in [-0.15, -0.1) is 0 Å². The summed E-state index contributed by atoms with van der Waals surface area (Å²) in [6.45, 7) is 3.13. The smallest absolute Gasteiger partial charge is 0.304 e. The third kappa shape index (κ3) is 6.46. The fraction of sp³-hybridized carbons (Fsp3) is 0.391. The zero-order valence-corrected chi connectivity index (χ0v) is 21.2. The Morgan fingerprint density at radius 3 is 2.24 bits per heavy atom. The summed E-state index contributed by atoms with van der Waals surface area (Å²) in [4.78, 5) is 27.6. The van der Waals surface area contributed by atoms with Crippen LogP contribution >= 0.6 is 11.6 Å². The van der Waals surface area contributed by atoms with Gasteiger partial charge >= 0.3 is 10.2 Å². The summed E-state index contributed by atoms with van der Waals surface area (Å²) < 4.78 is 42.3. The molecule has 186 valence electrons. The summed E-state index contributed by atoms with van der Waals surface area (Å²) in [5.41, 5.74) is 0.321. The Hall–Kier alpha value is -2.69. The number of nitrogens with zero attached hydrogens (tertiary/aromatic N) is 3. The van der Waals surface area contributed by atoms with Crippen molar-refractivity contribution in [3.8, 4) is 0 Å². The molecule has 1 atom stereocenters. The summed E-state index contributed by atoms with van der Waals surface area (Å²) in [7, 11) is -1.65. The molecule has 0 aliphatic heterocycles. The second-order valence-corrected chi connectivity index (χ2v) is 10.2. The maximum atomic E-state index is 14.6. The van der Waals surface area contributed by atoms with Crippen molar-refractivity contribution >= 4 is 39.3 Å². The van der Waals surface area contributed by atoms with Crippen LogP contribution in [0.5, 0.6) is 0 Å². The van der Waals surface area contributed by atoms with Crippen molar-refractivity contribution in [2.45, 2.75) is 32.9 Å². The van der Waals surface area contributed by atoms with Crippen LogP contribution in [0.1, 0.15) is 25.8 Å². The van der Waals surface area contributed by atoms with E-state index >= 15 is 0 Å². The minimum atomic E-state index is -4.23. The minimum absolute atomic E-state index is 0.0265. The van der Waals surface area contributed by atoms with E-state index in [0.29, 0.717) is 21.4 Å². The molecule has 0 aliphatic carbocycles. The topological polar surface area (TPSA) is 90.0 Å². The highest BCUT2D eigenvalue weighted by Gasteiger charge is 2.34. The molecular weight excluding hydrogens is 483 g/mol. The molecule has 0 aliphatic rings. The van der Waals surface area contributed by atoms with Gasteiger partial charge in [0.05, 0.1) is 5.69 Å². The maximum Gasteiger partial charge on any atom is 0.304 e. The molecule has 2 amide bonds. The monoisotopic (exact) mass is 512 g/mol. The summed E-state index contributed by atoms with van der Waals surface area (Å²) >= 11 is 6.30. The summed E-state index contributed by atoms with van der Waals surface area (Å²) in [5.74, 6) is -1.85. The van der Waals surface area contributed by atoms with E-state index in [4.69, 9.17) is 11.6 Å². The molecule has 0 heterocycles. The number of benzene rings is 2. The van der Waals surface area contributed by atoms with Crippen LogP contribution in [-0.4, -0.2) is 62.7 Å². The molecule has 34 heavy (non-hydrogen) atoms. The van der Waals surface area contributed by atoms with E-state index in [-0.39, 0.29) is 24.6 Å². The summed E-state index contributed by atoms with van der Waals surface area (Å²) in [6, 6.07) is 11.3. The number of hydrogen-bond acceptors (Lipinski definition) is 4. The number of amides is 2. The number of nitrogens with one attached hydrogen (secondary N) is 1. The van der Waals surface area contributed by atoms with Gasteiger partial charge in [0.25, 0.3) is 0 Å². The number of carbonyl (C=O) groups excluding carboxylic acids is 2. The van der Waals surface area contributed by atoms with Crippen molar-refractivity contribution in [2.75, 3.05) is 31.5 Å². The SMILES string of the molecule is CCNC(=O)[C@H](CC)N(Cc1ccccc1Cl)C(=O)CN(c1ccccc1F)S(=O)(=O)N(C)C. The lowest BCUT2D eigenvalue weighted by Gasteiger charge is -2.34. The van der Waals surface area contributed by atoms with E-state index in [1.807, 2.05) is 0 Å². The Bertz CT molecular complexity index is 1110. The number of hydrogen-bond donors (Lipinski definition) is 1. The van der Waals surface area contributed by atoms with Crippen LogP contribution in [0.25, 0.3) is 0 Å². The minimum Gasteiger partial charge on any atom is -0.355 e. The molecule has 0 saturated heterocycles. The normalized spacial score (nSPS) is 12.3. The standard InChI is InChI=1S/C23H30ClFN4O4S/c1-5-20(23(31)26-6-2)28(15-17-11-7-8-12-18(17)24)22(30)16-29(34(32,33)27(3)4)21-14-10-9-13-19(21)25/h7-14,20H,5-6,15-16H2,1-4H3,(H,26,31)/t20-/m0/s1. The van der Waals surface area contributed by atoms with Gasteiger partial charge in [0, 0.05) is 32.2 Å². The largest absolute Gasteiger partial charge is 0.355 e. The van der Waals surface area contributed by atoms with Gasteiger partial charge in [-0.3, -0.25) is 9.59 Å². The van der Waals surface area contributed by atoms with Crippen LogP contribution in [0.15, 0.2) is 48.5 Å². The number of rotatable bonds is 11. The average molecular weight is 513 g/mol. The van der Waals surface area contributed by atoms with Crippen molar-refractivity contribution in [2.24, 2.45) is 0 Å². The van der Waals surface area contributed by atoms with Gasteiger partial charge < -0.3 is 10.2 Å². The first-order chi connectivity index (χ1) is 16.0. The molecule has 2 rings (SSSR count). The highest BCUT2D eigenvalue weighted by Crippen LogP contribution is 2.25. The van der Waals surface area contributed by atoms with Crippen LogP contribution in [-0.2, 0) is 26.3 Å². The first-order valence-electron chi connectivity index (χ1n) is 10.8.